The molecule has 24 heavy (non-hydrogen) atoms. The fraction of sp³-hybridized carbons (Fsp3) is 0.467. The Morgan fingerprint density at radius 2 is 1.92 bits per heavy atom. The summed E-state index contributed by atoms with van der Waals surface area (Å²) in [4.78, 5) is 0. The highest BCUT2D eigenvalue weighted by molar-refractivity contribution is 5.30. The topological polar surface area (TPSA) is 39.9 Å². The number of ether oxygens (including phenoxy) is 1. The molecule has 1 heterocycles. The molecule has 130 valence electrons. The van der Waals surface area contributed by atoms with E-state index in [9.17, 15) is 22.0 Å². The van der Waals surface area contributed by atoms with Gasteiger partial charge in [-0.25, -0.2) is 13.5 Å². The lowest BCUT2D eigenvalue weighted by molar-refractivity contribution is -0.274. The van der Waals surface area contributed by atoms with Crippen LogP contribution in [-0.4, -0.2) is 27.3 Å². The SMILES string of the molecule is CC(F)(F)C1(c2cn(Cc3cccc(OC(F)(F)F)c3)nn2)CC1. The van der Waals surface area contributed by atoms with E-state index in [1.165, 1.54) is 29.1 Å². The van der Waals surface area contributed by atoms with Gasteiger partial charge in [-0.3, -0.25) is 0 Å². The summed E-state index contributed by atoms with van der Waals surface area (Å²) in [7, 11) is 0. The maximum Gasteiger partial charge on any atom is 0.573 e. The number of hydrogen-bond acceptors (Lipinski definition) is 3. The van der Waals surface area contributed by atoms with Crippen LogP contribution in [0.25, 0.3) is 0 Å². The van der Waals surface area contributed by atoms with E-state index in [0.29, 0.717) is 18.4 Å². The predicted molar refractivity (Wildman–Crippen MR) is 73.8 cm³/mol. The molecule has 1 aromatic heterocycles. The zero-order valence-electron chi connectivity index (χ0n) is 12.6. The Hall–Kier alpha value is -2.19. The van der Waals surface area contributed by atoms with Crippen molar-refractivity contribution in [1.29, 1.82) is 0 Å². The molecule has 0 amide bonds. The van der Waals surface area contributed by atoms with Gasteiger partial charge < -0.3 is 4.74 Å². The maximum absolute atomic E-state index is 13.7. The average Bonchev–Trinajstić information content (AvgIpc) is 3.13. The molecule has 1 fully saturated rings. The molecule has 1 saturated carbocycles. The van der Waals surface area contributed by atoms with Crippen LogP contribution in [0.4, 0.5) is 22.0 Å². The number of hydrogen-bond donors (Lipinski definition) is 0. The minimum Gasteiger partial charge on any atom is -0.406 e. The van der Waals surface area contributed by atoms with Crippen molar-refractivity contribution in [2.75, 3.05) is 0 Å². The first-order valence-electron chi connectivity index (χ1n) is 7.22. The molecule has 0 radical (unpaired) electrons. The second-order valence-electron chi connectivity index (χ2n) is 5.97. The quantitative estimate of drug-likeness (QED) is 0.770. The number of benzene rings is 1. The van der Waals surface area contributed by atoms with Crippen LogP contribution in [0, 0.1) is 0 Å². The van der Waals surface area contributed by atoms with Crippen LogP contribution in [-0.2, 0) is 12.0 Å². The van der Waals surface area contributed by atoms with Crippen molar-refractivity contribution < 1.29 is 26.7 Å². The first-order chi connectivity index (χ1) is 11.1. The van der Waals surface area contributed by atoms with E-state index in [1.807, 2.05) is 0 Å². The van der Waals surface area contributed by atoms with Gasteiger partial charge in [0.15, 0.2) is 0 Å². The molecule has 0 atom stereocenters. The molecule has 1 aliphatic rings. The third-order valence-electron chi connectivity index (χ3n) is 4.10. The predicted octanol–water partition coefficient (Wildman–Crippen LogP) is 3.91. The Morgan fingerprint density at radius 1 is 1.21 bits per heavy atom. The van der Waals surface area contributed by atoms with E-state index in [1.54, 1.807) is 6.07 Å². The van der Waals surface area contributed by atoms with E-state index in [0.717, 1.165) is 6.92 Å². The van der Waals surface area contributed by atoms with E-state index in [4.69, 9.17) is 0 Å². The smallest absolute Gasteiger partial charge is 0.406 e. The Balaban J connectivity index is 1.75. The van der Waals surface area contributed by atoms with Crippen molar-refractivity contribution in [2.24, 2.45) is 0 Å². The van der Waals surface area contributed by atoms with Crippen molar-refractivity contribution in [3.05, 3.63) is 41.7 Å². The van der Waals surface area contributed by atoms with Gasteiger partial charge in [-0.05, 0) is 30.5 Å². The molecule has 1 aromatic carbocycles. The Labute approximate surface area is 134 Å². The lowest BCUT2D eigenvalue weighted by atomic mass is 9.96. The van der Waals surface area contributed by atoms with Crippen molar-refractivity contribution in [1.82, 2.24) is 15.0 Å². The van der Waals surface area contributed by atoms with Crippen LogP contribution in [0.3, 0.4) is 0 Å². The zero-order valence-corrected chi connectivity index (χ0v) is 12.6. The van der Waals surface area contributed by atoms with E-state index in [2.05, 4.69) is 15.0 Å². The number of alkyl halides is 5. The molecule has 3 rings (SSSR count). The molecule has 0 aliphatic heterocycles. The van der Waals surface area contributed by atoms with Crippen molar-refractivity contribution in [3.8, 4) is 5.75 Å². The summed E-state index contributed by atoms with van der Waals surface area (Å²) >= 11 is 0. The van der Waals surface area contributed by atoms with Gasteiger partial charge in [-0.1, -0.05) is 17.3 Å². The van der Waals surface area contributed by atoms with Gasteiger partial charge in [-0.2, -0.15) is 0 Å². The Kier molecular flexibility index (Phi) is 3.76. The number of aromatic nitrogens is 3. The monoisotopic (exact) mass is 347 g/mol. The van der Waals surface area contributed by atoms with Gasteiger partial charge in [-0.15, -0.1) is 18.3 Å². The summed E-state index contributed by atoms with van der Waals surface area (Å²) in [6.07, 6.45) is -2.68. The van der Waals surface area contributed by atoms with Gasteiger partial charge >= 0.3 is 6.36 Å². The highest BCUT2D eigenvalue weighted by Gasteiger charge is 2.61. The molecular weight excluding hydrogens is 333 g/mol. The van der Waals surface area contributed by atoms with Crippen LogP contribution in [0.15, 0.2) is 30.5 Å². The number of halogens is 5. The van der Waals surface area contributed by atoms with E-state index in [-0.39, 0.29) is 18.0 Å². The highest BCUT2D eigenvalue weighted by atomic mass is 19.4. The van der Waals surface area contributed by atoms with Crippen molar-refractivity contribution in [3.63, 3.8) is 0 Å². The summed E-state index contributed by atoms with van der Waals surface area (Å²) in [5.41, 5.74) is -0.578. The van der Waals surface area contributed by atoms with E-state index < -0.39 is 17.7 Å². The third-order valence-corrected chi connectivity index (χ3v) is 4.10. The second kappa shape index (κ2) is 5.42. The third kappa shape index (κ3) is 3.34. The molecule has 2 aromatic rings. The molecule has 0 bridgehead atoms. The van der Waals surface area contributed by atoms with Crippen LogP contribution >= 0.6 is 0 Å². The normalized spacial score (nSPS) is 16.9. The lowest BCUT2D eigenvalue weighted by Crippen LogP contribution is -2.30. The standard InChI is InChI=1S/C15H14F5N3O/c1-13(16,17)14(5-6-14)12-9-23(22-21-12)8-10-3-2-4-11(7-10)24-15(18,19)20/h2-4,7,9H,5-6,8H2,1H3. The van der Waals surface area contributed by atoms with Crippen LogP contribution in [0.5, 0.6) is 5.75 Å². The highest BCUT2D eigenvalue weighted by Crippen LogP contribution is 2.57. The lowest BCUT2D eigenvalue weighted by Gasteiger charge is -2.19. The largest absolute Gasteiger partial charge is 0.573 e. The van der Waals surface area contributed by atoms with Crippen molar-refractivity contribution in [2.45, 2.75) is 44.0 Å². The molecule has 0 spiro atoms. The summed E-state index contributed by atoms with van der Waals surface area (Å²) in [5, 5.41) is 7.62. The number of nitrogens with zero attached hydrogens (tertiary/aromatic N) is 3. The van der Waals surface area contributed by atoms with Crippen molar-refractivity contribution >= 4 is 0 Å². The summed E-state index contributed by atoms with van der Waals surface area (Å²) < 4.78 is 69.3. The molecule has 0 unspecified atom stereocenters. The first-order valence-corrected chi connectivity index (χ1v) is 7.22. The molecule has 4 nitrogen and oxygen atoms in total. The molecule has 9 heteroatoms. The van der Waals surface area contributed by atoms with Gasteiger partial charge in [0.2, 0.25) is 0 Å². The molecular formula is C15H14F5N3O. The van der Waals surface area contributed by atoms with Gasteiger partial charge in [0.25, 0.3) is 5.92 Å². The van der Waals surface area contributed by atoms with Crippen LogP contribution in [0.2, 0.25) is 0 Å². The maximum atomic E-state index is 13.7. The van der Waals surface area contributed by atoms with Gasteiger partial charge in [0, 0.05) is 13.1 Å². The number of rotatable bonds is 5. The van der Waals surface area contributed by atoms with Crippen LogP contribution < -0.4 is 4.74 Å². The second-order valence-corrected chi connectivity index (χ2v) is 5.97. The molecule has 1 aliphatic carbocycles. The fourth-order valence-electron chi connectivity index (χ4n) is 2.67. The Morgan fingerprint density at radius 3 is 2.50 bits per heavy atom. The first kappa shape index (κ1) is 16.7. The molecule has 0 N–H and O–H groups in total. The fourth-order valence-corrected chi connectivity index (χ4v) is 2.67. The van der Waals surface area contributed by atoms with Gasteiger partial charge in [0.1, 0.15) is 5.75 Å². The summed E-state index contributed by atoms with van der Waals surface area (Å²) in [6.45, 7) is 0.963. The zero-order chi connectivity index (χ0) is 17.6. The van der Waals surface area contributed by atoms with Gasteiger partial charge in [0.05, 0.1) is 17.7 Å². The molecule has 0 saturated heterocycles. The van der Waals surface area contributed by atoms with Crippen LogP contribution in [0.1, 0.15) is 31.0 Å². The minimum absolute atomic E-state index is 0.105. The summed E-state index contributed by atoms with van der Waals surface area (Å²) in [6, 6.07) is 5.40. The Bertz CT molecular complexity index is 731. The minimum atomic E-state index is -4.77. The van der Waals surface area contributed by atoms with E-state index >= 15 is 0 Å². The summed E-state index contributed by atoms with van der Waals surface area (Å²) in [5.74, 6) is -3.24. The average molecular weight is 347 g/mol.